The van der Waals surface area contributed by atoms with Gasteiger partial charge in [-0.2, -0.15) is 13.2 Å². The fraction of sp³-hybridized carbons (Fsp3) is 0.250. The molecule has 0 aliphatic heterocycles. The Kier molecular flexibility index (Phi) is 3.92. The molecule has 0 aliphatic rings. The molecule has 0 aliphatic carbocycles. The van der Waals surface area contributed by atoms with Gasteiger partial charge in [0.25, 0.3) is 0 Å². The summed E-state index contributed by atoms with van der Waals surface area (Å²) >= 11 is 7.42. The van der Waals surface area contributed by atoms with Crippen molar-refractivity contribution in [3.8, 4) is 0 Å². The largest absolute Gasteiger partial charge is 0.417 e. The Balaban J connectivity index is 2.10. The molecule has 0 amide bonds. The van der Waals surface area contributed by atoms with Gasteiger partial charge in [-0.15, -0.1) is 11.3 Å². The summed E-state index contributed by atoms with van der Waals surface area (Å²) in [5, 5.41) is 2.03. The average Bonchev–Trinajstić information content (AvgIpc) is 2.79. The SMILES string of the molecule is FC(F)(F)c1cnc(CCc2cccs2)c(Cl)c1. The number of aryl methyl sites for hydroxylation is 2. The van der Waals surface area contributed by atoms with Gasteiger partial charge in [0.05, 0.1) is 16.3 Å². The van der Waals surface area contributed by atoms with Gasteiger partial charge in [-0.05, 0) is 30.4 Å². The highest BCUT2D eigenvalue weighted by Crippen LogP contribution is 2.31. The Labute approximate surface area is 111 Å². The third kappa shape index (κ3) is 3.23. The van der Waals surface area contributed by atoms with Crippen molar-refractivity contribution in [1.82, 2.24) is 4.98 Å². The Bertz CT molecular complexity index is 523. The van der Waals surface area contributed by atoms with E-state index in [4.69, 9.17) is 11.6 Å². The minimum absolute atomic E-state index is 0.0707. The van der Waals surface area contributed by atoms with Gasteiger partial charge in [-0.1, -0.05) is 17.7 Å². The molecule has 0 bridgehead atoms. The number of halogens is 4. The first-order valence-electron chi connectivity index (χ1n) is 5.21. The number of rotatable bonds is 3. The maximum absolute atomic E-state index is 12.4. The standard InChI is InChI=1S/C12H9ClF3NS/c13-10-6-8(12(14,15)16)7-17-11(10)4-3-9-2-1-5-18-9/h1-2,5-7H,3-4H2. The smallest absolute Gasteiger partial charge is 0.259 e. The lowest BCUT2D eigenvalue weighted by molar-refractivity contribution is -0.137. The van der Waals surface area contributed by atoms with Gasteiger partial charge < -0.3 is 0 Å². The quantitative estimate of drug-likeness (QED) is 0.805. The third-order valence-electron chi connectivity index (χ3n) is 2.43. The van der Waals surface area contributed by atoms with E-state index < -0.39 is 11.7 Å². The number of hydrogen-bond donors (Lipinski definition) is 0. The fourth-order valence-corrected chi connectivity index (χ4v) is 2.47. The second-order valence-corrected chi connectivity index (χ2v) is 5.17. The van der Waals surface area contributed by atoms with Gasteiger partial charge in [-0.25, -0.2) is 0 Å². The molecule has 0 aromatic carbocycles. The lowest BCUT2D eigenvalue weighted by Gasteiger charge is -2.08. The van der Waals surface area contributed by atoms with E-state index >= 15 is 0 Å². The number of aromatic nitrogens is 1. The summed E-state index contributed by atoms with van der Waals surface area (Å²) in [5.41, 5.74) is -0.314. The summed E-state index contributed by atoms with van der Waals surface area (Å²) in [5.74, 6) is 0. The molecule has 96 valence electrons. The predicted octanol–water partition coefficient (Wildman–Crippen LogP) is 4.60. The van der Waals surface area contributed by atoms with E-state index in [1.54, 1.807) is 11.3 Å². The number of nitrogens with zero attached hydrogens (tertiary/aromatic N) is 1. The maximum atomic E-state index is 12.4. The van der Waals surface area contributed by atoms with Crippen molar-refractivity contribution in [1.29, 1.82) is 0 Å². The van der Waals surface area contributed by atoms with Gasteiger partial charge in [0.1, 0.15) is 0 Å². The summed E-state index contributed by atoms with van der Waals surface area (Å²) in [7, 11) is 0. The number of thiophene rings is 1. The van der Waals surface area contributed by atoms with Gasteiger partial charge in [0.2, 0.25) is 0 Å². The Morgan fingerprint density at radius 3 is 2.61 bits per heavy atom. The van der Waals surface area contributed by atoms with Crippen LogP contribution in [0.25, 0.3) is 0 Å². The fourth-order valence-electron chi connectivity index (χ4n) is 1.50. The van der Waals surface area contributed by atoms with Crippen LogP contribution in [-0.2, 0) is 19.0 Å². The lowest BCUT2D eigenvalue weighted by atomic mass is 10.1. The van der Waals surface area contributed by atoms with Crippen LogP contribution in [0.4, 0.5) is 13.2 Å². The van der Waals surface area contributed by atoms with Gasteiger partial charge >= 0.3 is 6.18 Å². The van der Waals surface area contributed by atoms with Crippen molar-refractivity contribution >= 4 is 22.9 Å². The molecule has 6 heteroatoms. The van der Waals surface area contributed by atoms with Crippen LogP contribution in [0.5, 0.6) is 0 Å². The molecule has 0 unspecified atom stereocenters. The predicted molar refractivity (Wildman–Crippen MR) is 66.0 cm³/mol. The van der Waals surface area contributed by atoms with E-state index in [-0.39, 0.29) is 5.02 Å². The average molecular weight is 292 g/mol. The van der Waals surface area contributed by atoms with E-state index in [9.17, 15) is 13.2 Å². The van der Waals surface area contributed by atoms with E-state index in [0.29, 0.717) is 12.1 Å². The number of pyridine rings is 1. The zero-order valence-electron chi connectivity index (χ0n) is 9.17. The molecule has 2 aromatic heterocycles. The molecular formula is C12H9ClF3NS. The summed E-state index contributed by atoms with van der Waals surface area (Å²) in [6.07, 6.45) is -2.30. The molecule has 2 rings (SSSR count). The van der Waals surface area contributed by atoms with E-state index in [0.717, 1.165) is 23.6 Å². The Morgan fingerprint density at radius 2 is 2.06 bits per heavy atom. The molecule has 0 spiro atoms. The second-order valence-electron chi connectivity index (χ2n) is 3.73. The zero-order chi connectivity index (χ0) is 13.2. The monoisotopic (exact) mass is 291 g/mol. The van der Waals surface area contributed by atoms with Crippen LogP contribution in [0.15, 0.2) is 29.8 Å². The summed E-state index contributed by atoms with van der Waals surface area (Å²) in [6, 6.07) is 4.84. The minimum Gasteiger partial charge on any atom is -0.259 e. The van der Waals surface area contributed by atoms with Crippen molar-refractivity contribution in [3.63, 3.8) is 0 Å². The number of hydrogen-bond acceptors (Lipinski definition) is 2. The van der Waals surface area contributed by atoms with E-state index in [2.05, 4.69) is 4.98 Å². The molecule has 0 atom stereocenters. The van der Waals surface area contributed by atoms with Crippen LogP contribution in [0.3, 0.4) is 0 Å². The molecule has 0 fully saturated rings. The van der Waals surface area contributed by atoms with E-state index in [1.165, 1.54) is 0 Å². The molecule has 2 heterocycles. The second kappa shape index (κ2) is 5.28. The van der Waals surface area contributed by atoms with Crippen molar-refractivity contribution in [2.45, 2.75) is 19.0 Å². The van der Waals surface area contributed by atoms with Crippen LogP contribution < -0.4 is 0 Å². The van der Waals surface area contributed by atoms with Crippen LogP contribution in [0, 0.1) is 0 Å². The Morgan fingerprint density at radius 1 is 1.28 bits per heavy atom. The van der Waals surface area contributed by atoms with Crippen LogP contribution >= 0.6 is 22.9 Å². The molecule has 0 radical (unpaired) electrons. The highest BCUT2D eigenvalue weighted by atomic mass is 35.5. The van der Waals surface area contributed by atoms with Crippen LogP contribution in [0.1, 0.15) is 16.1 Å². The molecular weight excluding hydrogens is 283 g/mol. The first-order valence-corrected chi connectivity index (χ1v) is 6.46. The molecule has 18 heavy (non-hydrogen) atoms. The molecule has 2 aromatic rings. The van der Waals surface area contributed by atoms with Crippen molar-refractivity contribution < 1.29 is 13.2 Å². The van der Waals surface area contributed by atoms with Gasteiger partial charge in [0, 0.05) is 11.1 Å². The van der Waals surface area contributed by atoms with Crippen molar-refractivity contribution in [3.05, 3.63) is 50.9 Å². The maximum Gasteiger partial charge on any atom is 0.417 e. The van der Waals surface area contributed by atoms with Gasteiger partial charge in [0.15, 0.2) is 0 Å². The van der Waals surface area contributed by atoms with Crippen molar-refractivity contribution in [2.24, 2.45) is 0 Å². The summed E-state index contributed by atoms with van der Waals surface area (Å²) in [4.78, 5) is 4.96. The Hall–Kier alpha value is -1.07. The van der Waals surface area contributed by atoms with Gasteiger partial charge in [-0.3, -0.25) is 4.98 Å². The van der Waals surface area contributed by atoms with Crippen molar-refractivity contribution in [2.75, 3.05) is 0 Å². The number of alkyl halides is 3. The highest BCUT2D eigenvalue weighted by Gasteiger charge is 2.31. The molecule has 0 saturated carbocycles. The minimum atomic E-state index is -4.40. The first kappa shape index (κ1) is 13.4. The summed E-state index contributed by atoms with van der Waals surface area (Å²) < 4.78 is 37.2. The lowest BCUT2D eigenvalue weighted by Crippen LogP contribution is -2.07. The normalized spacial score (nSPS) is 11.8. The van der Waals surface area contributed by atoms with E-state index in [1.807, 2.05) is 17.5 Å². The molecule has 1 nitrogen and oxygen atoms in total. The van der Waals surface area contributed by atoms with Crippen LogP contribution in [0.2, 0.25) is 5.02 Å². The first-order chi connectivity index (χ1) is 8.47. The highest BCUT2D eigenvalue weighted by molar-refractivity contribution is 7.09. The van der Waals surface area contributed by atoms with Crippen LogP contribution in [-0.4, -0.2) is 4.98 Å². The molecule has 0 N–H and O–H groups in total. The zero-order valence-corrected chi connectivity index (χ0v) is 10.7. The molecule has 0 saturated heterocycles. The summed E-state index contributed by atoms with van der Waals surface area (Å²) in [6.45, 7) is 0. The third-order valence-corrected chi connectivity index (χ3v) is 3.70. The topological polar surface area (TPSA) is 12.9 Å².